The third-order valence-electron chi connectivity index (χ3n) is 2.24. The van der Waals surface area contributed by atoms with Gasteiger partial charge in [0.2, 0.25) is 0 Å². The zero-order valence-corrected chi connectivity index (χ0v) is 13.5. The molecule has 0 atom stereocenters. The summed E-state index contributed by atoms with van der Waals surface area (Å²) in [5.74, 6) is -1.08. The van der Waals surface area contributed by atoms with Crippen LogP contribution < -0.4 is 26.3 Å². The van der Waals surface area contributed by atoms with Gasteiger partial charge in [-0.3, -0.25) is 0 Å². The zero-order chi connectivity index (χ0) is 14.3. The molecule has 0 aliphatic heterocycles. The number of rotatable bonds is 2. The second-order valence-electron chi connectivity index (χ2n) is 4.18. The largest absolute Gasteiger partial charge is 0.550 e. The Morgan fingerprint density at radius 3 is 1.37 bits per heavy atom. The van der Waals surface area contributed by atoms with E-state index in [1.165, 1.54) is 18.3 Å². The van der Waals surface area contributed by atoms with E-state index in [1.54, 1.807) is 0 Å². The molecule has 0 saturated heterocycles. The summed E-state index contributed by atoms with van der Waals surface area (Å²) in [5.41, 5.74) is 2.68. The fourth-order valence-corrected chi connectivity index (χ4v) is 3.48. The normalized spacial score (nSPS) is 9.42. The number of benzene rings is 2. The van der Waals surface area contributed by atoms with Crippen molar-refractivity contribution >= 4 is 5.97 Å². The van der Waals surface area contributed by atoms with Gasteiger partial charge in [-0.05, 0) is 45.0 Å². The van der Waals surface area contributed by atoms with E-state index in [1.807, 2.05) is 0 Å². The van der Waals surface area contributed by atoms with Gasteiger partial charge in [-0.2, -0.15) is 0 Å². The van der Waals surface area contributed by atoms with Gasteiger partial charge in [0.15, 0.2) is 7.14 Å². The number of carboxylic acids is 1. The molecule has 0 radical (unpaired) electrons. The van der Waals surface area contributed by atoms with Gasteiger partial charge >= 0.3 is 21.2 Å². The number of carbonyl (C=O) groups excluding carboxylic acids is 1. The zero-order valence-electron chi connectivity index (χ0n) is 11.3. The maximum absolute atomic E-state index is 8.89. The molecule has 0 spiro atoms. The van der Waals surface area contributed by atoms with Crippen molar-refractivity contribution < 1.29 is 31.1 Å². The predicted molar refractivity (Wildman–Crippen MR) is 70.4 cm³/mol. The molecule has 19 heavy (non-hydrogen) atoms. The Hall–Kier alpha value is -1.36. The first-order chi connectivity index (χ1) is 8.97. The van der Waals surface area contributed by atoms with E-state index < -0.39 is 5.97 Å². The molecule has 2 nitrogen and oxygen atoms in total. The van der Waals surface area contributed by atoms with Crippen molar-refractivity contribution in [3.63, 3.8) is 0 Å². The second-order valence-corrected chi connectivity index (χ2v) is 7.21. The SMILES string of the molecule is CC(=O)[O-].Cc1ccc([I+]c2ccc(C)cc2)cc1. The molecule has 2 rings (SSSR count). The highest BCUT2D eigenvalue weighted by Crippen LogP contribution is 1.95. The summed E-state index contributed by atoms with van der Waals surface area (Å²) >= 11 is 0.00313. The summed E-state index contributed by atoms with van der Waals surface area (Å²) in [6.07, 6.45) is 0. The summed E-state index contributed by atoms with van der Waals surface area (Å²) in [7, 11) is 0. The number of hydrogen-bond donors (Lipinski definition) is 0. The molecule has 0 saturated carbocycles. The molecular formula is C16H17IO2. The van der Waals surface area contributed by atoms with Crippen molar-refractivity contribution in [3.05, 3.63) is 66.8 Å². The van der Waals surface area contributed by atoms with Crippen LogP contribution in [0.1, 0.15) is 18.1 Å². The van der Waals surface area contributed by atoms with E-state index in [0.717, 1.165) is 6.92 Å². The van der Waals surface area contributed by atoms with Gasteiger partial charge in [0.05, 0.1) is 0 Å². The Morgan fingerprint density at radius 2 is 1.11 bits per heavy atom. The van der Waals surface area contributed by atoms with Crippen LogP contribution in [-0.2, 0) is 4.79 Å². The molecule has 0 bridgehead atoms. The highest BCUT2D eigenvalue weighted by atomic mass is 127. The van der Waals surface area contributed by atoms with E-state index in [4.69, 9.17) is 9.90 Å². The fraction of sp³-hybridized carbons (Fsp3) is 0.188. The minimum absolute atomic E-state index is 0.00313. The Kier molecular flexibility index (Phi) is 6.56. The first kappa shape index (κ1) is 15.7. The summed E-state index contributed by atoms with van der Waals surface area (Å²) in [6.45, 7) is 5.24. The summed E-state index contributed by atoms with van der Waals surface area (Å²) in [5, 5.41) is 8.89. The third-order valence-corrected chi connectivity index (χ3v) is 4.92. The molecule has 0 heterocycles. The van der Waals surface area contributed by atoms with Crippen LogP contribution in [0.5, 0.6) is 0 Å². The Morgan fingerprint density at radius 1 is 0.842 bits per heavy atom. The average Bonchev–Trinajstić information content (AvgIpc) is 2.34. The van der Waals surface area contributed by atoms with Crippen molar-refractivity contribution in [1.82, 2.24) is 0 Å². The summed E-state index contributed by atoms with van der Waals surface area (Å²) in [6, 6.07) is 17.8. The van der Waals surface area contributed by atoms with Crippen molar-refractivity contribution in [3.8, 4) is 0 Å². The van der Waals surface area contributed by atoms with Crippen molar-refractivity contribution in [2.45, 2.75) is 20.8 Å². The minimum Gasteiger partial charge on any atom is -0.550 e. The van der Waals surface area contributed by atoms with Crippen LogP contribution >= 0.6 is 0 Å². The topological polar surface area (TPSA) is 40.1 Å². The van der Waals surface area contributed by atoms with Crippen LogP contribution in [0.15, 0.2) is 48.5 Å². The smallest absolute Gasteiger partial charge is 0.357 e. The van der Waals surface area contributed by atoms with Crippen LogP contribution in [0, 0.1) is 21.0 Å². The maximum atomic E-state index is 8.89. The first-order valence-corrected chi connectivity index (χ1v) is 8.09. The minimum atomic E-state index is -1.08. The lowest BCUT2D eigenvalue weighted by Gasteiger charge is -1.90. The Labute approximate surface area is 124 Å². The first-order valence-electron chi connectivity index (χ1n) is 5.93. The molecule has 100 valence electrons. The lowest BCUT2D eigenvalue weighted by molar-refractivity contribution is -0.597. The second kappa shape index (κ2) is 7.94. The predicted octanol–water partition coefficient (Wildman–Crippen LogP) is -0.812. The van der Waals surface area contributed by atoms with Crippen LogP contribution in [0.25, 0.3) is 0 Å². The van der Waals surface area contributed by atoms with Crippen LogP contribution in [0.3, 0.4) is 0 Å². The van der Waals surface area contributed by atoms with Crippen LogP contribution in [0.2, 0.25) is 0 Å². The maximum Gasteiger partial charge on any atom is 0.357 e. The number of carboxylic acid groups (broad SMARTS) is 1. The van der Waals surface area contributed by atoms with Gasteiger partial charge in [-0.1, -0.05) is 35.4 Å². The molecule has 0 fully saturated rings. The molecule has 0 amide bonds. The van der Waals surface area contributed by atoms with Gasteiger partial charge in [-0.15, -0.1) is 0 Å². The molecule has 2 aromatic carbocycles. The summed E-state index contributed by atoms with van der Waals surface area (Å²) in [4.78, 5) is 8.89. The van der Waals surface area contributed by atoms with Gasteiger partial charge < -0.3 is 9.90 Å². The quantitative estimate of drug-likeness (QED) is 0.651. The lowest BCUT2D eigenvalue weighted by atomic mass is 10.2. The molecule has 0 aliphatic carbocycles. The van der Waals surface area contributed by atoms with E-state index in [2.05, 4.69) is 62.4 Å². The molecule has 0 aliphatic rings. The van der Waals surface area contributed by atoms with E-state index in [0.29, 0.717) is 0 Å². The van der Waals surface area contributed by atoms with Crippen molar-refractivity contribution in [1.29, 1.82) is 0 Å². The number of halogens is 1. The molecule has 0 aromatic heterocycles. The van der Waals surface area contributed by atoms with E-state index in [9.17, 15) is 0 Å². The Bertz CT molecular complexity index is 468. The Balaban J connectivity index is 0.000000399. The van der Waals surface area contributed by atoms with Gasteiger partial charge in [0, 0.05) is 5.97 Å². The molecule has 3 heteroatoms. The van der Waals surface area contributed by atoms with Crippen molar-refractivity contribution in [2.24, 2.45) is 0 Å². The molecular weight excluding hydrogens is 351 g/mol. The number of aliphatic carboxylic acids is 1. The molecule has 2 aromatic rings. The van der Waals surface area contributed by atoms with E-state index in [-0.39, 0.29) is 21.2 Å². The summed E-state index contributed by atoms with van der Waals surface area (Å²) < 4.78 is 2.98. The van der Waals surface area contributed by atoms with E-state index >= 15 is 0 Å². The highest BCUT2D eigenvalue weighted by Gasteiger charge is 2.13. The standard InChI is InChI=1S/C14H14I.C2H4O2/c1-11-3-7-13(8-4-11)15-14-9-5-12(2)6-10-14;1-2(3)4/h3-10H,1-2H3;1H3,(H,3,4)/q+1;/p-1. The van der Waals surface area contributed by atoms with Crippen LogP contribution in [0.4, 0.5) is 0 Å². The monoisotopic (exact) mass is 368 g/mol. The van der Waals surface area contributed by atoms with Crippen LogP contribution in [-0.4, -0.2) is 5.97 Å². The van der Waals surface area contributed by atoms with Gasteiger partial charge in [-0.25, -0.2) is 0 Å². The van der Waals surface area contributed by atoms with Gasteiger partial charge in [0.1, 0.15) is 0 Å². The third kappa shape index (κ3) is 6.96. The fourth-order valence-electron chi connectivity index (χ4n) is 1.32. The highest BCUT2D eigenvalue weighted by molar-refractivity contribution is 5.60. The number of aryl methyl sites for hydroxylation is 2. The average molecular weight is 368 g/mol. The molecule has 0 N–H and O–H groups in total. The van der Waals surface area contributed by atoms with Gasteiger partial charge in [0.25, 0.3) is 0 Å². The van der Waals surface area contributed by atoms with Crippen molar-refractivity contribution in [2.75, 3.05) is 0 Å². The number of hydrogen-bond acceptors (Lipinski definition) is 2. The lowest BCUT2D eigenvalue weighted by Crippen LogP contribution is -3.61. The molecule has 0 unspecified atom stereocenters. The number of carbonyl (C=O) groups is 1.